The van der Waals surface area contributed by atoms with E-state index in [2.05, 4.69) is 5.32 Å². The predicted octanol–water partition coefficient (Wildman–Crippen LogP) is 0.997. The second kappa shape index (κ2) is 4.98. The van der Waals surface area contributed by atoms with Crippen LogP contribution in [0.3, 0.4) is 0 Å². The molecule has 1 rings (SSSR count). The Bertz CT molecular complexity index is 227. The van der Waals surface area contributed by atoms with Crippen LogP contribution in [0, 0.1) is 0 Å². The normalized spacial score (nSPS) is 26.0. The van der Waals surface area contributed by atoms with E-state index in [1.54, 1.807) is 6.92 Å². The summed E-state index contributed by atoms with van der Waals surface area (Å²) in [4.78, 5) is 22.2. The van der Waals surface area contributed by atoms with Crippen LogP contribution in [0.4, 0.5) is 0 Å². The van der Waals surface area contributed by atoms with Crippen molar-refractivity contribution in [1.29, 1.82) is 0 Å². The first-order valence-electron chi connectivity index (χ1n) is 5.12. The van der Waals surface area contributed by atoms with E-state index in [9.17, 15) is 9.59 Å². The number of rotatable bonds is 4. The number of carbonyl (C=O) groups excluding carboxylic acids is 2. The van der Waals surface area contributed by atoms with Crippen molar-refractivity contribution in [3.8, 4) is 0 Å². The molecule has 4 heteroatoms. The molecule has 1 aliphatic rings. The van der Waals surface area contributed by atoms with Gasteiger partial charge in [0.05, 0.1) is 12.5 Å². The fraction of sp³-hybridized carbons (Fsp3) is 0.800. The van der Waals surface area contributed by atoms with Crippen molar-refractivity contribution in [2.75, 3.05) is 0 Å². The summed E-state index contributed by atoms with van der Waals surface area (Å²) >= 11 is 0. The second-order valence-electron chi connectivity index (χ2n) is 3.68. The zero-order valence-electron chi connectivity index (χ0n) is 8.71. The number of cyclic esters (lactones) is 1. The highest BCUT2D eigenvalue weighted by Crippen LogP contribution is 2.14. The molecule has 0 aromatic carbocycles. The highest BCUT2D eigenvalue weighted by atomic mass is 16.6. The minimum Gasteiger partial charge on any atom is -0.460 e. The van der Waals surface area contributed by atoms with Gasteiger partial charge in [-0.15, -0.1) is 0 Å². The third-order valence-electron chi connectivity index (χ3n) is 2.37. The Hall–Kier alpha value is -1.06. The Morgan fingerprint density at radius 2 is 2.36 bits per heavy atom. The lowest BCUT2D eigenvalue weighted by atomic mass is 10.1. The van der Waals surface area contributed by atoms with Crippen LogP contribution in [0.2, 0.25) is 0 Å². The van der Waals surface area contributed by atoms with E-state index in [4.69, 9.17) is 4.74 Å². The molecule has 1 aliphatic heterocycles. The van der Waals surface area contributed by atoms with Crippen LogP contribution in [0.5, 0.6) is 0 Å². The van der Waals surface area contributed by atoms with Crippen LogP contribution in [0.1, 0.15) is 39.5 Å². The van der Waals surface area contributed by atoms with Crippen molar-refractivity contribution < 1.29 is 14.3 Å². The molecule has 1 saturated heterocycles. The van der Waals surface area contributed by atoms with Crippen LogP contribution in [0.25, 0.3) is 0 Å². The van der Waals surface area contributed by atoms with Gasteiger partial charge in [0.1, 0.15) is 6.10 Å². The predicted molar refractivity (Wildman–Crippen MR) is 51.6 cm³/mol. The van der Waals surface area contributed by atoms with E-state index >= 15 is 0 Å². The summed E-state index contributed by atoms with van der Waals surface area (Å²) in [6, 6.07) is -0.133. The maximum atomic E-state index is 11.3. The summed E-state index contributed by atoms with van der Waals surface area (Å²) in [7, 11) is 0. The van der Waals surface area contributed by atoms with Crippen molar-refractivity contribution in [2.45, 2.75) is 51.7 Å². The van der Waals surface area contributed by atoms with Gasteiger partial charge in [-0.3, -0.25) is 9.59 Å². The minimum atomic E-state index is -0.224. The van der Waals surface area contributed by atoms with Gasteiger partial charge in [-0.25, -0.2) is 0 Å². The molecule has 0 radical (unpaired) electrons. The lowest BCUT2D eigenvalue weighted by Gasteiger charge is -2.14. The SMILES string of the molecule is CCCCC(=O)N[C@H]1CC(=O)O[C@H]1C. The number of ether oxygens (including phenoxy) is 1. The zero-order chi connectivity index (χ0) is 10.6. The average molecular weight is 199 g/mol. The van der Waals surface area contributed by atoms with Gasteiger partial charge in [-0.2, -0.15) is 0 Å². The van der Waals surface area contributed by atoms with E-state index in [-0.39, 0.29) is 24.0 Å². The summed E-state index contributed by atoms with van der Waals surface area (Å²) in [5, 5.41) is 2.81. The van der Waals surface area contributed by atoms with Crippen molar-refractivity contribution in [1.82, 2.24) is 5.32 Å². The van der Waals surface area contributed by atoms with Crippen LogP contribution >= 0.6 is 0 Å². The maximum absolute atomic E-state index is 11.3. The van der Waals surface area contributed by atoms with Crippen molar-refractivity contribution in [3.63, 3.8) is 0 Å². The molecule has 0 bridgehead atoms. The standard InChI is InChI=1S/C10H17NO3/c1-3-4-5-9(12)11-8-6-10(13)14-7(8)2/h7-8H,3-6H2,1-2H3,(H,11,12)/t7-,8-/m0/s1. The summed E-state index contributed by atoms with van der Waals surface area (Å²) in [5.41, 5.74) is 0. The molecule has 0 aromatic rings. The molecule has 1 fully saturated rings. The maximum Gasteiger partial charge on any atom is 0.308 e. The quantitative estimate of drug-likeness (QED) is 0.687. The monoisotopic (exact) mass is 199 g/mol. The summed E-state index contributed by atoms with van der Waals surface area (Å²) < 4.78 is 4.93. The molecule has 2 atom stereocenters. The highest BCUT2D eigenvalue weighted by molar-refractivity contribution is 5.79. The first-order chi connectivity index (χ1) is 6.63. The number of hydrogen-bond acceptors (Lipinski definition) is 3. The molecule has 1 heterocycles. The van der Waals surface area contributed by atoms with Gasteiger partial charge in [-0.1, -0.05) is 13.3 Å². The van der Waals surface area contributed by atoms with Gasteiger partial charge < -0.3 is 10.1 Å². The van der Waals surface area contributed by atoms with E-state index in [1.165, 1.54) is 0 Å². The van der Waals surface area contributed by atoms with Crippen LogP contribution in [0.15, 0.2) is 0 Å². The highest BCUT2D eigenvalue weighted by Gasteiger charge is 2.32. The van der Waals surface area contributed by atoms with Crippen LogP contribution in [-0.2, 0) is 14.3 Å². The first-order valence-corrected chi connectivity index (χ1v) is 5.12. The Labute approximate surface area is 84.0 Å². The largest absolute Gasteiger partial charge is 0.460 e. The third-order valence-corrected chi connectivity index (χ3v) is 2.37. The molecular formula is C10H17NO3. The van der Waals surface area contributed by atoms with Gasteiger partial charge in [0, 0.05) is 6.42 Å². The number of amides is 1. The fourth-order valence-electron chi connectivity index (χ4n) is 1.47. The van der Waals surface area contributed by atoms with Crippen molar-refractivity contribution in [3.05, 3.63) is 0 Å². The number of nitrogens with one attached hydrogen (secondary N) is 1. The number of unbranched alkanes of at least 4 members (excludes halogenated alkanes) is 1. The van der Waals surface area contributed by atoms with Crippen LogP contribution < -0.4 is 5.32 Å². The third kappa shape index (κ3) is 3.01. The Morgan fingerprint density at radius 3 is 2.86 bits per heavy atom. The summed E-state index contributed by atoms with van der Waals surface area (Å²) in [5.74, 6) is -0.208. The van der Waals surface area contributed by atoms with E-state index in [0.29, 0.717) is 12.8 Å². The Kier molecular flexibility index (Phi) is 3.92. The first kappa shape index (κ1) is 11.0. The fourth-order valence-corrected chi connectivity index (χ4v) is 1.47. The topological polar surface area (TPSA) is 55.4 Å². The van der Waals surface area contributed by atoms with Crippen LogP contribution in [-0.4, -0.2) is 24.0 Å². The summed E-state index contributed by atoms with van der Waals surface area (Å²) in [6.07, 6.45) is 2.55. The van der Waals surface area contributed by atoms with Gasteiger partial charge in [0.15, 0.2) is 0 Å². The lowest BCUT2D eigenvalue weighted by Crippen LogP contribution is -2.39. The minimum absolute atomic E-state index is 0.0157. The molecule has 0 spiro atoms. The molecule has 1 amide bonds. The van der Waals surface area contributed by atoms with Gasteiger partial charge >= 0.3 is 5.97 Å². The molecule has 4 nitrogen and oxygen atoms in total. The molecule has 14 heavy (non-hydrogen) atoms. The van der Waals surface area contributed by atoms with Gasteiger partial charge in [0.25, 0.3) is 0 Å². The van der Waals surface area contributed by atoms with Crippen molar-refractivity contribution >= 4 is 11.9 Å². The average Bonchev–Trinajstić information content (AvgIpc) is 2.42. The van der Waals surface area contributed by atoms with Gasteiger partial charge in [0.2, 0.25) is 5.91 Å². The smallest absolute Gasteiger partial charge is 0.308 e. The molecule has 0 aliphatic carbocycles. The number of hydrogen-bond donors (Lipinski definition) is 1. The zero-order valence-corrected chi connectivity index (χ0v) is 8.71. The van der Waals surface area contributed by atoms with E-state index in [1.807, 2.05) is 6.92 Å². The molecule has 1 N–H and O–H groups in total. The van der Waals surface area contributed by atoms with E-state index in [0.717, 1.165) is 12.8 Å². The van der Waals surface area contributed by atoms with Crippen molar-refractivity contribution in [2.24, 2.45) is 0 Å². The molecular weight excluding hydrogens is 182 g/mol. The number of esters is 1. The number of carbonyl (C=O) groups is 2. The van der Waals surface area contributed by atoms with Gasteiger partial charge in [-0.05, 0) is 13.3 Å². The lowest BCUT2D eigenvalue weighted by molar-refractivity contribution is -0.141. The second-order valence-corrected chi connectivity index (χ2v) is 3.68. The molecule has 0 saturated carbocycles. The molecule has 80 valence electrons. The summed E-state index contributed by atoms with van der Waals surface area (Å²) in [6.45, 7) is 3.84. The Balaban J connectivity index is 2.29. The van der Waals surface area contributed by atoms with E-state index < -0.39 is 0 Å². The molecule has 0 aromatic heterocycles. The Morgan fingerprint density at radius 1 is 1.64 bits per heavy atom. The molecule has 0 unspecified atom stereocenters.